The molecular weight excluding hydrogens is 278 g/mol. The van der Waals surface area contributed by atoms with E-state index in [9.17, 15) is 9.59 Å². The minimum absolute atomic E-state index is 0.349. The molecule has 2 rings (SSSR count). The lowest BCUT2D eigenvalue weighted by atomic mass is 10.1. The second-order valence-corrected chi connectivity index (χ2v) is 5.03. The summed E-state index contributed by atoms with van der Waals surface area (Å²) in [4.78, 5) is 25.3. The third kappa shape index (κ3) is 4.09. The monoisotopic (exact) mass is 297 g/mol. The summed E-state index contributed by atoms with van der Waals surface area (Å²) in [5.74, 6) is -0.349. The second kappa shape index (κ2) is 7.26. The first kappa shape index (κ1) is 15.6. The molecule has 0 heterocycles. The van der Waals surface area contributed by atoms with Gasteiger partial charge in [-0.15, -0.1) is 0 Å². The maximum absolute atomic E-state index is 12.0. The van der Waals surface area contributed by atoms with Crippen molar-refractivity contribution in [3.8, 4) is 0 Å². The van der Waals surface area contributed by atoms with E-state index in [-0.39, 0.29) is 11.9 Å². The summed E-state index contributed by atoms with van der Waals surface area (Å²) in [6, 6.07) is 16.2. The van der Waals surface area contributed by atoms with Gasteiger partial charge in [-0.05, 0) is 30.2 Å². The van der Waals surface area contributed by atoms with E-state index in [1.807, 2.05) is 37.3 Å². The van der Waals surface area contributed by atoms with Gasteiger partial charge in [0.05, 0.1) is 0 Å². The Morgan fingerprint density at radius 2 is 1.59 bits per heavy atom. The van der Waals surface area contributed by atoms with Crippen molar-refractivity contribution in [2.24, 2.45) is 0 Å². The van der Waals surface area contributed by atoms with Gasteiger partial charge < -0.3 is 4.90 Å². The Hall–Kier alpha value is -2.82. The summed E-state index contributed by atoms with van der Waals surface area (Å²) in [5.41, 5.74) is 7.48. The van der Waals surface area contributed by atoms with Crippen LogP contribution in [0, 0.1) is 6.92 Å². The van der Waals surface area contributed by atoms with Gasteiger partial charge in [0.2, 0.25) is 0 Å². The van der Waals surface area contributed by atoms with Crippen LogP contribution >= 0.6 is 0 Å². The first-order chi connectivity index (χ1) is 10.6. The first-order valence-electron chi connectivity index (χ1n) is 6.99. The van der Waals surface area contributed by atoms with Crippen molar-refractivity contribution in [2.75, 3.05) is 7.05 Å². The third-order valence-corrected chi connectivity index (χ3v) is 3.33. The highest BCUT2D eigenvalue weighted by molar-refractivity contribution is 5.95. The number of hydrazine groups is 1. The summed E-state index contributed by atoms with van der Waals surface area (Å²) in [7, 11) is 1.68. The molecule has 0 saturated carbocycles. The molecule has 5 nitrogen and oxygen atoms in total. The van der Waals surface area contributed by atoms with Crippen LogP contribution in [0.5, 0.6) is 0 Å². The quantitative estimate of drug-likeness (QED) is 0.855. The summed E-state index contributed by atoms with van der Waals surface area (Å²) >= 11 is 0. The van der Waals surface area contributed by atoms with Crippen LogP contribution in [0.2, 0.25) is 0 Å². The van der Waals surface area contributed by atoms with Crippen molar-refractivity contribution < 1.29 is 9.59 Å². The molecule has 0 fully saturated rings. The van der Waals surface area contributed by atoms with E-state index in [2.05, 4.69) is 10.9 Å². The zero-order valence-electron chi connectivity index (χ0n) is 12.7. The van der Waals surface area contributed by atoms with Gasteiger partial charge >= 0.3 is 6.03 Å². The summed E-state index contributed by atoms with van der Waals surface area (Å²) in [5, 5.41) is 0. The molecule has 0 unspecified atom stereocenters. The molecule has 0 aliphatic rings. The molecule has 5 heteroatoms. The molecule has 0 bridgehead atoms. The number of urea groups is 1. The van der Waals surface area contributed by atoms with Crippen molar-refractivity contribution in [1.29, 1.82) is 0 Å². The molecule has 22 heavy (non-hydrogen) atoms. The Morgan fingerprint density at radius 3 is 2.27 bits per heavy atom. The Bertz CT molecular complexity index is 656. The molecule has 0 aliphatic heterocycles. The SMILES string of the molecule is Cc1ccccc1CN(C)C(=O)NNC(=O)c1ccccc1. The Morgan fingerprint density at radius 1 is 0.955 bits per heavy atom. The van der Waals surface area contributed by atoms with Crippen molar-refractivity contribution in [3.05, 3.63) is 71.3 Å². The van der Waals surface area contributed by atoms with Gasteiger partial charge in [0, 0.05) is 19.2 Å². The molecule has 0 saturated heterocycles. The number of amides is 3. The average Bonchev–Trinajstić information content (AvgIpc) is 2.55. The lowest BCUT2D eigenvalue weighted by Crippen LogP contribution is -2.47. The topological polar surface area (TPSA) is 61.4 Å². The van der Waals surface area contributed by atoms with Crippen LogP contribution in [-0.2, 0) is 6.54 Å². The standard InChI is InChI=1S/C17H19N3O2/c1-13-8-6-7-11-15(13)12-20(2)17(22)19-18-16(21)14-9-4-3-5-10-14/h3-11H,12H2,1-2H3,(H,18,21)(H,19,22). The number of benzene rings is 2. The predicted octanol–water partition coefficient (Wildman–Crippen LogP) is 2.48. The lowest BCUT2D eigenvalue weighted by Gasteiger charge is -2.19. The Labute approximate surface area is 129 Å². The van der Waals surface area contributed by atoms with Crippen molar-refractivity contribution in [1.82, 2.24) is 15.8 Å². The van der Waals surface area contributed by atoms with E-state index >= 15 is 0 Å². The van der Waals surface area contributed by atoms with E-state index < -0.39 is 0 Å². The molecule has 114 valence electrons. The summed E-state index contributed by atoms with van der Waals surface area (Å²) < 4.78 is 0. The van der Waals surface area contributed by atoms with Crippen LogP contribution in [0.3, 0.4) is 0 Å². The van der Waals surface area contributed by atoms with Crippen LogP contribution in [-0.4, -0.2) is 23.9 Å². The van der Waals surface area contributed by atoms with E-state index in [0.717, 1.165) is 11.1 Å². The van der Waals surface area contributed by atoms with Gasteiger partial charge in [-0.1, -0.05) is 42.5 Å². The molecule has 0 aromatic heterocycles. The maximum atomic E-state index is 12.0. The fraction of sp³-hybridized carbons (Fsp3) is 0.176. The number of carbonyl (C=O) groups is 2. The molecule has 2 aromatic carbocycles. The Balaban J connectivity index is 1.87. The molecule has 0 atom stereocenters. The first-order valence-corrected chi connectivity index (χ1v) is 6.99. The van der Waals surface area contributed by atoms with Crippen LogP contribution in [0.25, 0.3) is 0 Å². The van der Waals surface area contributed by atoms with Gasteiger partial charge in [-0.25, -0.2) is 10.2 Å². The smallest absolute Gasteiger partial charge is 0.322 e. The average molecular weight is 297 g/mol. The molecule has 0 aliphatic carbocycles. The molecular formula is C17H19N3O2. The zero-order valence-corrected chi connectivity index (χ0v) is 12.7. The number of hydrogen-bond donors (Lipinski definition) is 2. The van der Waals surface area contributed by atoms with Crippen LogP contribution in [0.4, 0.5) is 4.79 Å². The molecule has 2 N–H and O–H groups in total. The highest BCUT2D eigenvalue weighted by Gasteiger charge is 2.11. The minimum atomic E-state index is -0.368. The number of hydrogen-bond acceptors (Lipinski definition) is 2. The van der Waals surface area contributed by atoms with Gasteiger partial charge in [-0.3, -0.25) is 10.2 Å². The third-order valence-electron chi connectivity index (χ3n) is 3.33. The van der Waals surface area contributed by atoms with Crippen LogP contribution < -0.4 is 10.9 Å². The number of rotatable bonds is 3. The molecule has 2 aromatic rings. The number of nitrogens with zero attached hydrogens (tertiary/aromatic N) is 1. The predicted molar refractivity (Wildman–Crippen MR) is 85.1 cm³/mol. The van der Waals surface area contributed by atoms with Gasteiger partial charge in [0.25, 0.3) is 5.91 Å². The normalized spacial score (nSPS) is 9.91. The Kier molecular flexibility index (Phi) is 5.14. The van der Waals surface area contributed by atoms with Crippen molar-refractivity contribution >= 4 is 11.9 Å². The maximum Gasteiger partial charge on any atom is 0.336 e. The number of nitrogens with one attached hydrogen (secondary N) is 2. The summed E-state index contributed by atoms with van der Waals surface area (Å²) in [6.45, 7) is 2.47. The highest BCUT2D eigenvalue weighted by Crippen LogP contribution is 2.09. The van der Waals surface area contributed by atoms with Gasteiger partial charge in [0.1, 0.15) is 0 Å². The molecule has 0 spiro atoms. The van der Waals surface area contributed by atoms with Crippen molar-refractivity contribution in [3.63, 3.8) is 0 Å². The molecule has 0 radical (unpaired) electrons. The zero-order chi connectivity index (χ0) is 15.9. The second-order valence-electron chi connectivity index (χ2n) is 5.03. The fourth-order valence-electron chi connectivity index (χ4n) is 1.98. The lowest BCUT2D eigenvalue weighted by molar-refractivity contribution is 0.0931. The van der Waals surface area contributed by atoms with E-state index in [4.69, 9.17) is 0 Å². The van der Waals surface area contributed by atoms with Crippen LogP contribution in [0.15, 0.2) is 54.6 Å². The fourth-order valence-corrected chi connectivity index (χ4v) is 1.98. The number of carbonyl (C=O) groups excluding carboxylic acids is 2. The number of aryl methyl sites for hydroxylation is 1. The van der Waals surface area contributed by atoms with Gasteiger partial charge in [0.15, 0.2) is 0 Å². The van der Waals surface area contributed by atoms with Crippen LogP contribution in [0.1, 0.15) is 21.5 Å². The minimum Gasteiger partial charge on any atom is -0.322 e. The van der Waals surface area contributed by atoms with E-state index in [1.165, 1.54) is 4.90 Å². The summed E-state index contributed by atoms with van der Waals surface area (Å²) in [6.07, 6.45) is 0. The van der Waals surface area contributed by atoms with Gasteiger partial charge in [-0.2, -0.15) is 0 Å². The largest absolute Gasteiger partial charge is 0.336 e. The van der Waals surface area contributed by atoms with E-state index in [0.29, 0.717) is 12.1 Å². The van der Waals surface area contributed by atoms with E-state index in [1.54, 1.807) is 31.3 Å². The van der Waals surface area contributed by atoms with Crippen molar-refractivity contribution in [2.45, 2.75) is 13.5 Å². The highest BCUT2D eigenvalue weighted by atomic mass is 16.2. The molecule has 3 amide bonds.